The van der Waals surface area contributed by atoms with Crippen molar-refractivity contribution in [3.05, 3.63) is 95.7 Å². The van der Waals surface area contributed by atoms with Gasteiger partial charge in [0.25, 0.3) is 0 Å². The number of benzene rings is 3. The molecule has 0 amide bonds. The Balaban J connectivity index is 1.69. The van der Waals surface area contributed by atoms with Gasteiger partial charge in [0.2, 0.25) is 0 Å². The molecule has 0 fully saturated rings. The maximum Gasteiger partial charge on any atom is 0.142 e. The Morgan fingerprint density at radius 2 is 1.40 bits per heavy atom. The molecule has 1 aromatic heterocycles. The van der Waals surface area contributed by atoms with E-state index in [4.69, 9.17) is 19.0 Å². The number of nitrogens with zero attached hydrogens (tertiary/aromatic N) is 2. The smallest absolute Gasteiger partial charge is 0.142 e. The van der Waals surface area contributed by atoms with E-state index < -0.39 is 0 Å². The second-order valence-corrected chi connectivity index (χ2v) is 8.09. The summed E-state index contributed by atoms with van der Waals surface area (Å²) in [6.45, 7) is 4.43. The Hall–Kier alpha value is -4.19. The molecule has 180 valence electrons. The zero-order valence-electron chi connectivity index (χ0n) is 20.7. The molecule has 0 saturated carbocycles. The lowest BCUT2D eigenvalue weighted by Gasteiger charge is -2.13. The van der Waals surface area contributed by atoms with Crippen molar-refractivity contribution in [2.45, 2.75) is 20.5 Å². The van der Waals surface area contributed by atoms with Gasteiger partial charge in [-0.25, -0.2) is 0 Å². The second-order valence-electron chi connectivity index (χ2n) is 8.09. The Labute approximate surface area is 206 Å². The Bertz CT molecular complexity index is 1310. The monoisotopic (exact) mass is 470 g/mol. The quantitative estimate of drug-likeness (QED) is 0.209. The fraction of sp³-hybridized carbons (Fsp3) is 0.207. The van der Waals surface area contributed by atoms with E-state index in [0.717, 1.165) is 56.7 Å². The summed E-state index contributed by atoms with van der Waals surface area (Å²) >= 11 is 0. The molecule has 4 rings (SSSR count). The minimum Gasteiger partial charge on any atom is -0.497 e. The lowest BCUT2D eigenvalue weighted by Crippen LogP contribution is -2.03. The van der Waals surface area contributed by atoms with E-state index in [0.29, 0.717) is 6.61 Å². The predicted molar refractivity (Wildman–Crippen MR) is 139 cm³/mol. The Morgan fingerprint density at radius 3 is 2.03 bits per heavy atom. The third-order valence-corrected chi connectivity index (χ3v) is 5.92. The van der Waals surface area contributed by atoms with Crippen molar-refractivity contribution in [3.8, 4) is 34.2 Å². The van der Waals surface area contributed by atoms with Crippen molar-refractivity contribution in [1.29, 1.82) is 0 Å². The van der Waals surface area contributed by atoms with Crippen LogP contribution < -0.4 is 14.2 Å². The SMILES string of the molecule is COc1ccc(CO/N=C(/C)c2cc(-c3cccc(OC)c3)n(-c3ccc(OC)cc3)c2C)cc1. The summed E-state index contributed by atoms with van der Waals surface area (Å²) in [6, 6.07) is 26.0. The van der Waals surface area contributed by atoms with Gasteiger partial charge >= 0.3 is 0 Å². The summed E-state index contributed by atoms with van der Waals surface area (Å²) in [4.78, 5) is 5.69. The first kappa shape index (κ1) is 24.0. The molecule has 4 aromatic rings. The van der Waals surface area contributed by atoms with Crippen LogP contribution in [0.15, 0.2) is 84.0 Å². The van der Waals surface area contributed by atoms with Crippen molar-refractivity contribution in [3.63, 3.8) is 0 Å². The number of oxime groups is 1. The standard InChI is InChI=1S/C29H30N2O4/c1-20(30-35-19-22-9-13-25(32-3)14-10-22)28-18-29(23-7-6-8-27(17-23)34-5)31(21(28)2)24-11-15-26(33-4)16-12-24/h6-18H,19H2,1-5H3/b30-20-. The second kappa shape index (κ2) is 10.8. The highest BCUT2D eigenvalue weighted by Gasteiger charge is 2.17. The Morgan fingerprint density at radius 1 is 0.771 bits per heavy atom. The molecule has 0 atom stereocenters. The van der Waals surface area contributed by atoms with Crippen molar-refractivity contribution < 1.29 is 19.0 Å². The van der Waals surface area contributed by atoms with Gasteiger partial charge in [-0.1, -0.05) is 29.4 Å². The molecule has 0 spiro atoms. The normalized spacial score (nSPS) is 11.3. The van der Waals surface area contributed by atoms with Gasteiger partial charge in [-0.05, 0) is 74.0 Å². The van der Waals surface area contributed by atoms with Crippen LogP contribution in [0.5, 0.6) is 17.2 Å². The number of hydrogen-bond acceptors (Lipinski definition) is 5. The Kier molecular flexibility index (Phi) is 7.41. The highest BCUT2D eigenvalue weighted by atomic mass is 16.6. The van der Waals surface area contributed by atoms with E-state index in [9.17, 15) is 0 Å². The summed E-state index contributed by atoms with van der Waals surface area (Å²) in [5.41, 5.74) is 6.99. The topological polar surface area (TPSA) is 54.2 Å². The van der Waals surface area contributed by atoms with Gasteiger partial charge in [0, 0.05) is 22.5 Å². The number of hydrogen-bond donors (Lipinski definition) is 0. The van der Waals surface area contributed by atoms with Crippen LogP contribution in [0, 0.1) is 6.92 Å². The predicted octanol–water partition coefficient (Wildman–Crippen LogP) is 6.42. The molecule has 6 nitrogen and oxygen atoms in total. The van der Waals surface area contributed by atoms with Crippen molar-refractivity contribution in [1.82, 2.24) is 4.57 Å². The summed E-state index contributed by atoms with van der Waals surface area (Å²) < 4.78 is 18.2. The van der Waals surface area contributed by atoms with E-state index >= 15 is 0 Å². The van der Waals surface area contributed by atoms with E-state index in [2.05, 4.69) is 28.8 Å². The van der Waals surface area contributed by atoms with Gasteiger partial charge in [0.15, 0.2) is 0 Å². The lowest BCUT2D eigenvalue weighted by atomic mass is 10.1. The highest BCUT2D eigenvalue weighted by Crippen LogP contribution is 2.32. The fourth-order valence-corrected chi connectivity index (χ4v) is 4.01. The molecule has 0 saturated heterocycles. The average Bonchev–Trinajstić information content (AvgIpc) is 3.26. The van der Waals surface area contributed by atoms with Gasteiger partial charge in [0.1, 0.15) is 23.9 Å². The zero-order valence-corrected chi connectivity index (χ0v) is 20.7. The minimum absolute atomic E-state index is 0.377. The van der Waals surface area contributed by atoms with E-state index in [1.807, 2.05) is 73.7 Å². The van der Waals surface area contributed by atoms with Crippen molar-refractivity contribution in [2.75, 3.05) is 21.3 Å². The first-order chi connectivity index (χ1) is 17.0. The molecule has 0 radical (unpaired) electrons. The molecular weight excluding hydrogens is 440 g/mol. The van der Waals surface area contributed by atoms with E-state index in [-0.39, 0.29) is 0 Å². The number of ether oxygens (including phenoxy) is 3. The number of aromatic nitrogens is 1. The van der Waals surface area contributed by atoms with E-state index in [1.165, 1.54) is 0 Å². The van der Waals surface area contributed by atoms with Gasteiger partial charge < -0.3 is 23.6 Å². The van der Waals surface area contributed by atoms with Crippen LogP contribution in [0.1, 0.15) is 23.7 Å². The molecule has 0 unspecified atom stereocenters. The molecular formula is C29H30N2O4. The maximum atomic E-state index is 5.69. The fourth-order valence-electron chi connectivity index (χ4n) is 4.01. The molecule has 0 bridgehead atoms. The number of rotatable bonds is 9. The molecule has 0 aliphatic heterocycles. The summed E-state index contributed by atoms with van der Waals surface area (Å²) in [5, 5.41) is 4.42. The van der Waals surface area contributed by atoms with Crippen LogP contribution in [0.25, 0.3) is 16.9 Å². The summed E-state index contributed by atoms with van der Waals surface area (Å²) in [7, 11) is 5.00. The summed E-state index contributed by atoms with van der Waals surface area (Å²) in [5.74, 6) is 2.43. The average molecular weight is 471 g/mol. The molecule has 3 aromatic carbocycles. The molecule has 0 N–H and O–H groups in total. The molecule has 0 aliphatic carbocycles. The molecule has 1 heterocycles. The van der Waals surface area contributed by atoms with Crippen LogP contribution in [-0.4, -0.2) is 31.6 Å². The lowest BCUT2D eigenvalue weighted by molar-refractivity contribution is 0.130. The van der Waals surface area contributed by atoms with Crippen LogP contribution in [0.4, 0.5) is 0 Å². The summed E-state index contributed by atoms with van der Waals surface area (Å²) in [6.07, 6.45) is 0. The van der Waals surface area contributed by atoms with Crippen LogP contribution in [0.3, 0.4) is 0 Å². The van der Waals surface area contributed by atoms with Crippen molar-refractivity contribution in [2.24, 2.45) is 5.16 Å². The van der Waals surface area contributed by atoms with E-state index in [1.54, 1.807) is 21.3 Å². The van der Waals surface area contributed by atoms with Gasteiger partial charge in [-0.3, -0.25) is 0 Å². The third-order valence-electron chi connectivity index (χ3n) is 5.92. The first-order valence-corrected chi connectivity index (χ1v) is 11.3. The zero-order chi connectivity index (χ0) is 24.8. The van der Waals surface area contributed by atoms with Crippen LogP contribution in [0.2, 0.25) is 0 Å². The van der Waals surface area contributed by atoms with Gasteiger partial charge in [0.05, 0.1) is 32.7 Å². The maximum absolute atomic E-state index is 5.69. The largest absolute Gasteiger partial charge is 0.497 e. The van der Waals surface area contributed by atoms with Gasteiger partial charge in [-0.2, -0.15) is 0 Å². The minimum atomic E-state index is 0.377. The van der Waals surface area contributed by atoms with Gasteiger partial charge in [-0.15, -0.1) is 0 Å². The van der Waals surface area contributed by atoms with Crippen LogP contribution in [-0.2, 0) is 11.4 Å². The first-order valence-electron chi connectivity index (χ1n) is 11.3. The highest BCUT2D eigenvalue weighted by molar-refractivity contribution is 6.01. The number of methoxy groups -OCH3 is 3. The van der Waals surface area contributed by atoms with Crippen molar-refractivity contribution >= 4 is 5.71 Å². The molecule has 35 heavy (non-hydrogen) atoms. The molecule has 6 heteroatoms. The van der Waals surface area contributed by atoms with Crippen LogP contribution >= 0.6 is 0 Å². The third kappa shape index (κ3) is 5.32. The molecule has 0 aliphatic rings.